The molecule has 2 aromatic heterocycles. The number of azo groups is 1. The van der Waals surface area contributed by atoms with Gasteiger partial charge in [-0.15, -0.1) is 21.6 Å². The van der Waals surface area contributed by atoms with E-state index >= 15 is 0 Å². The first-order valence-electron chi connectivity index (χ1n) is 9.89. The molecule has 0 saturated heterocycles. The molecule has 2 heterocycles. The number of rotatable bonds is 5. The number of halogens is 2. The lowest BCUT2D eigenvalue weighted by atomic mass is 10.1. The average Bonchev–Trinajstić information content (AvgIpc) is 3.45. The zero-order valence-electron chi connectivity index (χ0n) is 16.9. The van der Waals surface area contributed by atoms with E-state index in [9.17, 15) is 4.79 Å². The molecule has 0 aliphatic carbocycles. The molecule has 9 heteroatoms. The standard InChI is InChI=1S/C24H15Cl2N5OS/c25-17-11-12-19(18(26)13-17)28-29-22-21(16-9-5-2-6-10-16)30-31(23(22)32)24-27-20(14-33-24)15-7-3-1-4-8-15/h1-14,30H. The molecular weight excluding hydrogens is 477 g/mol. The normalized spacial score (nSPS) is 11.3. The molecule has 0 unspecified atom stereocenters. The third-order valence-corrected chi connectivity index (χ3v) is 6.21. The number of H-pyrrole nitrogens is 1. The van der Waals surface area contributed by atoms with Crippen molar-refractivity contribution in [2.45, 2.75) is 0 Å². The molecular formula is C24H15Cl2N5OS. The zero-order valence-corrected chi connectivity index (χ0v) is 19.3. The van der Waals surface area contributed by atoms with Gasteiger partial charge in [-0.1, -0.05) is 83.9 Å². The van der Waals surface area contributed by atoms with Crippen molar-refractivity contribution in [1.29, 1.82) is 0 Å². The van der Waals surface area contributed by atoms with Crippen LogP contribution in [0, 0.1) is 0 Å². The summed E-state index contributed by atoms with van der Waals surface area (Å²) in [4.78, 5) is 18.0. The average molecular weight is 492 g/mol. The summed E-state index contributed by atoms with van der Waals surface area (Å²) in [5.74, 6) is 0. The van der Waals surface area contributed by atoms with Crippen molar-refractivity contribution >= 4 is 45.9 Å². The van der Waals surface area contributed by atoms with Crippen molar-refractivity contribution in [2.24, 2.45) is 10.2 Å². The first-order valence-corrected chi connectivity index (χ1v) is 11.5. The lowest BCUT2D eigenvalue weighted by molar-refractivity contribution is 0.843. The van der Waals surface area contributed by atoms with E-state index in [0.717, 1.165) is 16.8 Å². The molecule has 0 radical (unpaired) electrons. The molecule has 5 aromatic rings. The van der Waals surface area contributed by atoms with Gasteiger partial charge in [-0.3, -0.25) is 9.89 Å². The van der Waals surface area contributed by atoms with Gasteiger partial charge in [0.15, 0.2) is 5.69 Å². The van der Waals surface area contributed by atoms with E-state index in [1.807, 2.05) is 66.0 Å². The highest BCUT2D eigenvalue weighted by atomic mass is 35.5. The molecule has 0 spiro atoms. The van der Waals surface area contributed by atoms with Crippen LogP contribution in [0.5, 0.6) is 0 Å². The number of aromatic nitrogens is 3. The van der Waals surface area contributed by atoms with Crippen LogP contribution < -0.4 is 5.56 Å². The molecule has 0 fully saturated rings. The van der Waals surface area contributed by atoms with Crippen molar-refractivity contribution < 1.29 is 0 Å². The highest BCUT2D eigenvalue weighted by Gasteiger charge is 2.19. The Morgan fingerprint density at radius 1 is 0.879 bits per heavy atom. The summed E-state index contributed by atoms with van der Waals surface area (Å²) < 4.78 is 1.39. The Hall–Kier alpha value is -3.52. The van der Waals surface area contributed by atoms with E-state index in [2.05, 4.69) is 20.3 Å². The van der Waals surface area contributed by atoms with E-state index in [1.54, 1.807) is 18.2 Å². The molecule has 0 aliphatic rings. The van der Waals surface area contributed by atoms with E-state index < -0.39 is 0 Å². The molecule has 6 nitrogen and oxygen atoms in total. The maximum atomic E-state index is 13.4. The third-order valence-electron chi connectivity index (χ3n) is 4.85. The first kappa shape index (κ1) is 21.3. The van der Waals surface area contributed by atoms with Crippen molar-refractivity contribution in [1.82, 2.24) is 14.8 Å². The highest BCUT2D eigenvalue weighted by Crippen LogP contribution is 2.32. The molecule has 5 rings (SSSR count). The van der Waals surface area contributed by atoms with Crippen LogP contribution >= 0.6 is 34.5 Å². The Morgan fingerprint density at radius 2 is 1.58 bits per heavy atom. The number of hydrogen-bond donors (Lipinski definition) is 1. The van der Waals surface area contributed by atoms with Crippen LogP contribution in [-0.4, -0.2) is 14.8 Å². The van der Waals surface area contributed by atoms with E-state index in [1.165, 1.54) is 16.0 Å². The summed E-state index contributed by atoms with van der Waals surface area (Å²) in [6.45, 7) is 0. The van der Waals surface area contributed by atoms with Gasteiger partial charge in [0, 0.05) is 21.5 Å². The van der Waals surface area contributed by atoms with Crippen molar-refractivity contribution in [3.8, 4) is 27.6 Å². The number of hydrogen-bond acceptors (Lipinski definition) is 5. The monoisotopic (exact) mass is 491 g/mol. The van der Waals surface area contributed by atoms with E-state index in [4.69, 9.17) is 23.2 Å². The predicted molar refractivity (Wildman–Crippen MR) is 134 cm³/mol. The number of benzene rings is 3. The fourth-order valence-electron chi connectivity index (χ4n) is 3.24. The fourth-order valence-corrected chi connectivity index (χ4v) is 4.47. The number of thiazole rings is 1. The van der Waals surface area contributed by atoms with Crippen molar-refractivity contribution in [2.75, 3.05) is 0 Å². The van der Waals surface area contributed by atoms with Crippen LogP contribution in [-0.2, 0) is 0 Å². The largest absolute Gasteiger partial charge is 0.301 e. The molecule has 0 bridgehead atoms. The van der Waals surface area contributed by atoms with Gasteiger partial charge >= 0.3 is 5.56 Å². The molecule has 1 N–H and O–H groups in total. The lowest BCUT2D eigenvalue weighted by Crippen LogP contribution is -2.13. The summed E-state index contributed by atoms with van der Waals surface area (Å²) in [6.07, 6.45) is 0. The van der Waals surface area contributed by atoms with Gasteiger partial charge in [-0.2, -0.15) is 4.68 Å². The second-order valence-electron chi connectivity index (χ2n) is 7.02. The summed E-state index contributed by atoms with van der Waals surface area (Å²) in [6, 6.07) is 24.1. The highest BCUT2D eigenvalue weighted by molar-refractivity contribution is 7.12. The summed E-state index contributed by atoms with van der Waals surface area (Å²) in [5.41, 5.74) is 3.29. The quantitative estimate of drug-likeness (QED) is 0.256. The second kappa shape index (κ2) is 9.15. The Bertz CT molecular complexity index is 1510. The Kier molecular flexibility index (Phi) is 5.92. The van der Waals surface area contributed by atoms with Gasteiger partial charge in [0.25, 0.3) is 0 Å². The Labute approximate surface area is 202 Å². The maximum absolute atomic E-state index is 13.4. The fraction of sp³-hybridized carbons (Fsp3) is 0. The molecule has 0 saturated carbocycles. The molecule has 3 aromatic carbocycles. The van der Waals surface area contributed by atoms with Gasteiger partial charge < -0.3 is 0 Å². The van der Waals surface area contributed by atoms with Gasteiger partial charge in [0.1, 0.15) is 5.69 Å². The minimum absolute atomic E-state index is 0.156. The summed E-state index contributed by atoms with van der Waals surface area (Å²) in [7, 11) is 0. The molecule has 162 valence electrons. The smallest absolute Gasteiger partial charge is 0.286 e. The van der Waals surface area contributed by atoms with Crippen molar-refractivity contribution in [3.05, 3.63) is 105 Å². The molecule has 33 heavy (non-hydrogen) atoms. The van der Waals surface area contributed by atoms with Gasteiger partial charge in [0.05, 0.1) is 16.4 Å². The van der Waals surface area contributed by atoms with Crippen LogP contribution in [0.15, 0.2) is 99.3 Å². The molecule has 0 amide bonds. The number of nitrogens with zero attached hydrogens (tertiary/aromatic N) is 4. The lowest BCUT2D eigenvalue weighted by Gasteiger charge is -1.99. The number of aromatic amines is 1. The van der Waals surface area contributed by atoms with Crippen LogP contribution in [0.2, 0.25) is 10.0 Å². The second-order valence-corrected chi connectivity index (χ2v) is 8.70. The van der Waals surface area contributed by atoms with Crippen molar-refractivity contribution in [3.63, 3.8) is 0 Å². The van der Waals surface area contributed by atoms with Crippen LogP contribution in [0.25, 0.3) is 27.6 Å². The molecule has 0 aliphatic heterocycles. The van der Waals surface area contributed by atoms with Crippen LogP contribution in [0.3, 0.4) is 0 Å². The van der Waals surface area contributed by atoms with Gasteiger partial charge in [0.2, 0.25) is 5.13 Å². The van der Waals surface area contributed by atoms with Crippen LogP contribution in [0.1, 0.15) is 0 Å². The zero-order chi connectivity index (χ0) is 22.8. The number of nitrogens with one attached hydrogen (secondary N) is 1. The van der Waals surface area contributed by atoms with E-state index in [0.29, 0.717) is 26.6 Å². The topological polar surface area (TPSA) is 75.4 Å². The van der Waals surface area contributed by atoms with Gasteiger partial charge in [-0.05, 0) is 18.2 Å². The third kappa shape index (κ3) is 4.39. The maximum Gasteiger partial charge on any atom is 0.301 e. The Morgan fingerprint density at radius 3 is 2.27 bits per heavy atom. The minimum atomic E-state index is -0.364. The SMILES string of the molecule is O=c1c(N=Nc2ccc(Cl)cc2Cl)c(-c2ccccc2)[nH]n1-c1nc(-c2ccccc2)cs1. The van der Waals surface area contributed by atoms with Gasteiger partial charge in [-0.25, -0.2) is 4.98 Å². The minimum Gasteiger partial charge on any atom is -0.286 e. The molecule has 0 atom stereocenters. The summed E-state index contributed by atoms with van der Waals surface area (Å²) >= 11 is 13.5. The Balaban J connectivity index is 1.61. The van der Waals surface area contributed by atoms with E-state index in [-0.39, 0.29) is 11.2 Å². The first-order chi connectivity index (χ1) is 16.1. The van der Waals surface area contributed by atoms with Crippen LogP contribution in [0.4, 0.5) is 11.4 Å². The predicted octanol–water partition coefficient (Wildman–Crippen LogP) is 7.68. The summed E-state index contributed by atoms with van der Waals surface area (Å²) in [5, 5.41) is 14.9.